The summed E-state index contributed by atoms with van der Waals surface area (Å²) in [6.45, 7) is 3.36. The molecular weight excluding hydrogens is 569 g/mol. The van der Waals surface area contributed by atoms with Crippen LogP contribution in [0.3, 0.4) is 0 Å². The van der Waals surface area contributed by atoms with E-state index in [1.165, 1.54) is 17.0 Å². The Morgan fingerprint density at radius 3 is 2.26 bits per heavy atom. The lowest BCUT2D eigenvalue weighted by atomic mass is 9.95. The molecule has 1 fully saturated rings. The van der Waals surface area contributed by atoms with E-state index in [0.29, 0.717) is 6.42 Å². The molecule has 0 saturated heterocycles. The molecule has 208 valence electrons. The van der Waals surface area contributed by atoms with Crippen LogP contribution in [-0.4, -0.2) is 50.0 Å². The van der Waals surface area contributed by atoms with Gasteiger partial charge in [0.15, 0.2) is 0 Å². The lowest BCUT2D eigenvalue weighted by molar-refractivity contribution is -0.140. The topological polar surface area (TPSA) is 86.8 Å². The van der Waals surface area contributed by atoms with Crippen LogP contribution in [0.15, 0.2) is 36.4 Å². The molecule has 2 aromatic carbocycles. The highest BCUT2D eigenvalue weighted by Gasteiger charge is 2.33. The fraction of sp³-hybridized carbons (Fsp3) is 0.481. The van der Waals surface area contributed by atoms with Crippen LogP contribution in [0.25, 0.3) is 0 Å². The number of carbonyl (C=O) groups is 2. The van der Waals surface area contributed by atoms with E-state index in [9.17, 15) is 18.0 Å². The second kappa shape index (κ2) is 13.4. The van der Waals surface area contributed by atoms with Crippen molar-refractivity contribution in [3.8, 4) is 0 Å². The SMILES string of the molecule is CCC(C(=O)NC1CCCCC1)N(Cc1ccccc1C)C(=O)CN(c1cc(Cl)c(Cl)cc1Cl)S(C)(=O)=O. The summed E-state index contributed by atoms with van der Waals surface area (Å²) in [5, 5.41) is 3.42. The lowest BCUT2D eigenvalue weighted by Gasteiger charge is -2.34. The number of amides is 2. The van der Waals surface area contributed by atoms with Crippen molar-refractivity contribution in [2.45, 2.75) is 71.0 Å². The number of benzene rings is 2. The third-order valence-corrected chi connectivity index (χ3v) is 9.03. The predicted octanol–water partition coefficient (Wildman–Crippen LogP) is 5.98. The van der Waals surface area contributed by atoms with Crippen molar-refractivity contribution in [3.63, 3.8) is 0 Å². The van der Waals surface area contributed by atoms with Crippen molar-refractivity contribution in [2.75, 3.05) is 17.1 Å². The quantitative estimate of drug-likeness (QED) is 0.339. The largest absolute Gasteiger partial charge is 0.352 e. The maximum Gasteiger partial charge on any atom is 0.244 e. The van der Waals surface area contributed by atoms with Crippen LogP contribution >= 0.6 is 34.8 Å². The normalized spacial score (nSPS) is 15.1. The van der Waals surface area contributed by atoms with Crippen molar-refractivity contribution in [1.82, 2.24) is 10.2 Å². The number of aryl methyl sites for hydroxylation is 1. The highest BCUT2D eigenvalue weighted by Crippen LogP contribution is 2.35. The molecule has 0 heterocycles. The van der Waals surface area contributed by atoms with Gasteiger partial charge in [0.25, 0.3) is 0 Å². The second-order valence-corrected chi connectivity index (χ2v) is 12.8. The summed E-state index contributed by atoms with van der Waals surface area (Å²) < 4.78 is 26.6. The molecule has 1 aliphatic rings. The van der Waals surface area contributed by atoms with Crippen LogP contribution in [-0.2, 0) is 26.2 Å². The number of nitrogens with zero attached hydrogens (tertiary/aromatic N) is 2. The Kier molecular flexibility index (Phi) is 10.7. The van der Waals surface area contributed by atoms with Gasteiger partial charge in [0.05, 0.1) is 27.0 Å². The van der Waals surface area contributed by atoms with Gasteiger partial charge in [-0.15, -0.1) is 0 Å². The van der Waals surface area contributed by atoms with E-state index >= 15 is 0 Å². The molecule has 2 aromatic rings. The molecule has 11 heteroatoms. The first-order valence-corrected chi connectivity index (χ1v) is 15.7. The molecule has 0 aromatic heterocycles. The average molecular weight is 603 g/mol. The van der Waals surface area contributed by atoms with Gasteiger partial charge >= 0.3 is 0 Å². The summed E-state index contributed by atoms with van der Waals surface area (Å²) in [6, 6.07) is 9.53. The Morgan fingerprint density at radius 1 is 1.03 bits per heavy atom. The second-order valence-electron chi connectivity index (χ2n) is 9.70. The molecular formula is C27H34Cl3N3O4S. The molecule has 2 amide bonds. The van der Waals surface area contributed by atoms with E-state index in [1.807, 2.05) is 38.1 Å². The monoisotopic (exact) mass is 601 g/mol. The summed E-state index contributed by atoms with van der Waals surface area (Å²) >= 11 is 18.5. The summed E-state index contributed by atoms with van der Waals surface area (Å²) in [5.74, 6) is -0.772. The van der Waals surface area contributed by atoms with Gasteiger partial charge in [0.2, 0.25) is 21.8 Å². The fourth-order valence-electron chi connectivity index (χ4n) is 4.73. The van der Waals surface area contributed by atoms with E-state index in [0.717, 1.165) is 53.8 Å². The van der Waals surface area contributed by atoms with Crippen molar-refractivity contribution >= 4 is 62.3 Å². The first kappa shape index (κ1) is 30.5. The Hall–Kier alpha value is -2.00. The lowest BCUT2D eigenvalue weighted by Crippen LogP contribution is -2.54. The van der Waals surface area contributed by atoms with E-state index in [4.69, 9.17) is 34.8 Å². The van der Waals surface area contributed by atoms with Crippen molar-refractivity contribution in [3.05, 3.63) is 62.6 Å². The Morgan fingerprint density at radius 2 is 1.66 bits per heavy atom. The van der Waals surface area contributed by atoms with Crippen LogP contribution in [0.4, 0.5) is 5.69 Å². The molecule has 1 saturated carbocycles. The zero-order valence-corrected chi connectivity index (χ0v) is 24.9. The molecule has 0 bridgehead atoms. The Labute approximate surface area is 240 Å². The molecule has 0 spiro atoms. The molecule has 7 nitrogen and oxygen atoms in total. The Bertz CT molecular complexity index is 1270. The number of halogens is 3. The van der Waals surface area contributed by atoms with Gasteiger partial charge in [0, 0.05) is 12.6 Å². The highest BCUT2D eigenvalue weighted by molar-refractivity contribution is 7.92. The molecule has 1 unspecified atom stereocenters. The standard InChI is InChI=1S/C27H34Cl3N3O4S/c1-4-24(27(35)31-20-12-6-5-7-13-20)32(16-19-11-9-8-10-18(19)2)26(34)17-33(38(3,36)37)25-15-22(29)21(28)14-23(25)30/h8-11,14-15,20,24H,4-7,12-13,16-17H2,1-3H3,(H,31,35). The number of hydrogen-bond acceptors (Lipinski definition) is 4. The number of carbonyl (C=O) groups excluding carboxylic acids is 2. The van der Waals surface area contributed by atoms with Crippen LogP contribution in [0.1, 0.15) is 56.6 Å². The third-order valence-electron chi connectivity index (χ3n) is 6.88. The van der Waals surface area contributed by atoms with Gasteiger partial charge < -0.3 is 10.2 Å². The van der Waals surface area contributed by atoms with E-state index in [1.54, 1.807) is 0 Å². The summed E-state index contributed by atoms with van der Waals surface area (Å²) in [6.07, 6.45) is 6.43. The number of anilines is 1. The minimum absolute atomic E-state index is 0.0326. The van der Waals surface area contributed by atoms with Gasteiger partial charge in [-0.3, -0.25) is 13.9 Å². The summed E-state index contributed by atoms with van der Waals surface area (Å²) in [5.41, 5.74) is 1.86. The molecule has 1 aliphatic carbocycles. The van der Waals surface area contributed by atoms with Crippen molar-refractivity contribution < 1.29 is 18.0 Å². The molecule has 1 atom stereocenters. The maximum absolute atomic E-state index is 13.9. The smallest absolute Gasteiger partial charge is 0.244 e. The van der Waals surface area contributed by atoms with Crippen LogP contribution in [0.5, 0.6) is 0 Å². The van der Waals surface area contributed by atoms with Gasteiger partial charge in [0.1, 0.15) is 12.6 Å². The summed E-state index contributed by atoms with van der Waals surface area (Å²) in [4.78, 5) is 28.8. The fourth-order valence-corrected chi connectivity index (χ4v) is 6.28. The van der Waals surface area contributed by atoms with Gasteiger partial charge in [-0.1, -0.05) is 85.3 Å². The number of sulfonamides is 1. The van der Waals surface area contributed by atoms with Crippen molar-refractivity contribution in [1.29, 1.82) is 0 Å². The van der Waals surface area contributed by atoms with E-state index in [2.05, 4.69) is 5.32 Å². The molecule has 0 radical (unpaired) electrons. The first-order chi connectivity index (χ1) is 17.9. The van der Waals surface area contributed by atoms with Gasteiger partial charge in [-0.25, -0.2) is 8.42 Å². The van der Waals surface area contributed by atoms with E-state index < -0.39 is 28.5 Å². The van der Waals surface area contributed by atoms with Gasteiger partial charge in [-0.05, 0) is 49.4 Å². The highest BCUT2D eigenvalue weighted by atomic mass is 35.5. The molecule has 0 aliphatic heterocycles. The first-order valence-electron chi connectivity index (χ1n) is 12.7. The van der Waals surface area contributed by atoms with Gasteiger partial charge in [-0.2, -0.15) is 0 Å². The predicted molar refractivity (Wildman–Crippen MR) is 154 cm³/mol. The van der Waals surface area contributed by atoms with Crippen LogP contribution in [0, 0.1) is 6.92 Å². The van der Waals surface area contributed by atoms with Crippen LogP contribution < -0.4 is 9.62 Å². The molecule has 1 N–H and O–H groups in total. The zero-order chi connectivity index (χ0) is 28.0. The molecule has 38 heavy (non-hydrogen) atoms. The van der Waals surface area contributed by atoms with Crippen LogP contribution in [0.2, 0.25) is 15.1 Å². The maximum atomic E-state index is 13.9. The number of nitrogens with one attached hydrogen (secondary N) is 1. The molecule has 3 rings (SSSR count). The minimum Gasteiger partial charge on any atom is -0.352 e. The average Bonchev–Trinajstić information content (AvgIpc) is 2.86. The Balaban J connectivity index is 1.97. The number of hydrogen-bond donors (Lipinski definition) is 1. The minimum atomic E-state index is -3.96. The van der Waals surface area contributed by atoms with E-state index in [-0.39, 0.29) is 39.2 Å². The number of rotatable bonds is 10. The summed E-state index contributed by atoms with van der Waals surface area (Å²) in [7, 11) is -3.96. The zero-order valence-electron chi connectivity index (χ0n) is 21.8. The van der Waals surface area contributed by atoms with Crippen molar-refractivity contribution in [2.24, 2.45) is 0 Å². The third kappa shape index (κ3) is 7.78.